The Labute approximate surface area is 149 Å². The maximum absolute atomic E-state index is 13.0. The average molecular weight is 342 g/mol. The zero-order valence-corrected chi connectivity index (χ0v) is 15.1. The van der Waals surface area contributed by atoms with Gasteiger partial charge in [-0.3, -0.25) is 14.5 Å². The fourth-order valence-electron chi connectivity index (χ4n) is 3.35. The van der Waals surface area contributed by atoms with E-state index in [2.05, 4.69) is 6.92 Å². The lowest BCUT2D eigenvalue weighted by Crippen LogP contribution is -2.40. The SMILES string of the molecule is CCCCCN1C(=O)C(c2ccc(C)cc2)=C(N2CCOCC2)C1=O. The predicted octanol–water partition coefficient (Wildman–Crippen LogP) is 2.60. The van der Waals surface area contributed by atoms with Crippen LogP contribution in [0.15, 0.2) is 30.0 Å². The number of nitrogens with zero attached hydrogens (tertiary/aromatic N) is 2. The van der Waals surface area contributed by atoms with Crippen LogP contribution in [0.5, 0.6) is 0 Å². The molecule has 5 nitrogen and oxygen atoms in total. The maximum Gasteiger partial charge on any atom is 0.277 e. The Kier molecular flexibility index (Phi) is 5.53. The molecule has 0 aromatic heterocycles. The van der Waals surface area contributed by atoms with Gasteiger partial charge in [-0.2, -0.15) is 0 Å². The molecule has 0 bridgehead atoms. The Hall–Kier alpha value is -2.14. The van der Waals surface area contributed by atoms with Crippen LogP contribution in [-0.4, -0.2) is 54.5 Å². The van der Waals surface area contributed by atoms with Crippen LogP contribution < -0.4 is 0 Å². The summed E-state index contributed by atoms with van der Waals surface area (Å²) in [5, 5.41) is 0. The lowest BCUT2D eigenvalue weighted by atomic mass is 10.0. The van der Waals surface area contributed by atoms with E-state index in [1.807, 2.05) is 36.1 Å². The zero-order valence-electron chi connectivity index (χ0n) is 15.1. The minimum Gasteiger partial charge on any atom is -0.378 e. The Morgan fingerprint density at radius 3 is 2.32 bits per heavy atom. The highest BCUT2D eigenvalue weighted by molar-refractivity contribution is 6.35. The van der Waals surface area contributed by atoms with Crippen LogP contribution in [0.4, 0.5) is 0 Å². The first-order chi connectivity index (χ1) is 12.1. The lowest BCUT2D eigenvalue weighted by Gasteiger charge is -2.29. The van der Waals surface area contributed by atoms with E-state index in [-0.39, 0.29) is 11.8 Å². The summed E-state index contributed by atoms with van der Waals surface area (Å²) < 4.78 is 5.41. The van der Waals surface area contributed by atoms with Gasteiger partial charge < -0.3 is 9.64 Å². The van der Waals surface area contributed by atoms with Crippen molar-refractivity contribution in [1.29, 1.82) is 0 Å². The molecule has 25 heavy (non-hydrogen) atoms. The molecule has 3 rings (SSSR count). The molecule has 2 aliphatic rings. The maximum atomic E-state index is 13.0. The molecule has 1 saturated heterocycles. The third kappa shape index (κ3) is 3.61. The summed E-state index contributed by atoms with van der Waals surface area (Å²) in [4.78, 5) is 29.5. The monoisotopic (exact) mass is 342 g/mol. The third-order valence-electron chi connectivity index (χ3n) is 4.80. The number of aryl methyl sites for hydroxylation is 1. The van der Waals surface area contributed by atoms with Crippen molar-refractivity contribution in [1.82, 2.24) is 9.80 Å². The van der Waals surface area contributed by atoms with Crippen molar-refractivity contribution in [2.24, 2.45) is 0 Å². The van der Waals surface area contributed by atoms with Gasteiger partial charge in [0.05, 0.1) is 18.8 Å². The second-order valence-corrected chi connectivity index (χ2v) is 6.66. The van der Waals surface area contributed by atoms with Crippen LogP contribution in [-0.2, 0) is 14.3 Å². The van der Waals surface area contributed by atoms with Crippen molar-refractivity contribution in [3.63, 3.8) is 0 Å². The third-order valence-corrected chi connectivity index (χ3v) is 4.80. The normalized spacial score (nSPS) is 18.5. The minimum atomic E-state index is -0.161. The molecule has 134 valence electrons. The first-order valence-electron chi connectivity index (χ1n) is 9.13. The van der Waals surface area contributed by atoms with Gasteiger partial charge in [-0.05, 0) is 18.9 Å². The van der Waals surface area contributed by atoms with E-state index in [0.717, 1.165) is 30.4 Å². The number of carbonyl (C=O) groups excluding carboxylic acids is 2. The van der Waals surface area contributed by atoms with Crippen molar-refractivity contribution in [2.45, 2.75) is 33.1 Å². The molecular weight excluding hydrogens is 316 g/mol. The van der Waals surface area contributed by atoms with Crippen molar-refractivity contribution in [3.8, 4) is 0 Å². The number of unbranched alkanes of at least 4 members (excludes halogenated alkanes) is 2. The number of morpholine rings is 1. The van der Waals surface area contributed by atoms with E-state index < -0.39 is 0 Å². The number of imide groups is 1. The van der Waals surface area contributed by atoms with Gasteiger partial charge in [0, 0.05) is 19.6 Å². The number of hydrogen-bond donors (Lipinski definition) is 0. The van der Waals surface area contributed by atoms with E-state index in [0.29, 0.717) is 44.1 Å². The number of ether oxygens (including phenoxy) is 1. The molecule has 0 aliphatic carbocycles. The summed E-state index contributed by atoms with van der Waals surface area (Å²) >= 11 is 0. The van der Waals surface area contributed by atoms with Crippen LogP contribution in [0.25, 0.3) is 5.57 Å². The van der Waals surface area contributed by atoms with Crippen LogP contribution in [0.3, 0.4) is 0 Å². The van der Waals surface area contributed by atoms with Crippen molar-refractivity contribution >= 4 is 17.4 Å². The van der Waals surface area contributed by atoms with Gasteiger partial charge in [0.2, 0.25) is 0 Å². The summed E-state index contributed by atoms with van der Waals surface area (Å²) in [7, 11) is 0. The Morgan fingerprint density at radius 1 is 1.00 bits per heavy atom. The van der Waals surface area contributed by atoms with Gasteiger partial charge in [-0.25, -0.2) is 0 Å². The molecule has 0 atom stereocenters. The highest BCUT2D eigenvalue weighted by atomic mass is 16.5. The van der Waals surface area contributed by atoms with Crippen molar-refractivity contribution in [3.05, 3.63) is 41.1 Å². The summed E-state index contributed by atoms with van der Waals surface area (Å²) in [5.74, 6) is -0.315. The molecule has 0 radical (unpaired) electrons. The number of hydrogen-bond acceptors (Lipinski definition) is 4. The Bertz CT molecular complexity index is 673. The molecule has 5 heteroatoms. The van der Waals surface area contributed by atoms with E-state index >= 15 is 0 Å². The molecule has 1 aromatic carbocycles. The van der Waals surface area contributed by atoms with Gasteiger partial charge in [0.25, 0.3) is 11.8 Å². The summed E-state index contributed by atoms with van der Waals surface area (Å²) in [5.41, 5.74) is 3.05. The van der Waals surface area contributed by atoms with Crippen molar-refractivity contribution < 1.29 is 14.3 Å². The number of rotatable bonds is 6. The molecular formula is C20H26N2O3. The molecule has 1 fully saturated rings. The van der Waals surface area contributed by atoms with E-state index in [1.54, 1.807) is 0 Å². The molecule has 2 aliphatic heterocycles. The highest BCUT2D eigenvalue weighted by Crippen LogP contribution is 2.32. The molecule has 0 spiro atoms. The van der Waals surface area contributed by atoms with E-state index in [4.69, 9.17) is 4.74 Å². The molecule has 0 saturated carbocycles. The van der Waals surface area contributed by atoms with Crippen LogP contribution in [0.2, 0.25) is 0 Å². The fraction of sp³-hybridized carbons (Fsp3) is 0.500. The Morgan fingerprint density at radius 2 is 1.68 bits per heavy atom. The minimum absolute atomic E-state index is 0.154. The average Bonchev–Trinajstić information content (AvgIpc) is 2.88. The molecule has 0 unspecified atom stereocenters. The van der Waals surface area contributed by atoms with Gasteiger partial charge in [-0.15, -0.1) is 0 Å². The zero-order chi connectivity index (χ0) is 17.8. The summed E-state index contributed by atoms with van der Waals surface area (Å²) in [6.07, 6.45) is 2.93. The topological polar surface area (TPSA) is 49.9 Å². The van der Waals surface area contributed by atoms with Crippen LogP contribution in [0.1, 0.15) is 37.3 Å². The van der Waals surface area contributed by atoms with E-state index in [1.165, 1.54) is 4.90 Å². The first kappa shape index (κ1) is 17.7. The van der Waals surface area contributed by atoms with Crippen LogP contribution in [0, 0.1) is 6.92 Å². The summed E-state index contributed by atoms with van der Waals surface area (Å²) in [6.45, 7) is 7.08. The molecule has 2 amide bonds. The predicted molar refractivity (Wildman–Crippen MR) is 96.7 cm³/mol. The lowest BCUT2D eigenvalue weighted by molar-refractivity contribution is -0.137. The number of carbonyl (C=O) groups is 2. The quantitative estimate of drug-likeness (QED) is 0.589. The second kappa shape index (κ2) is 7.83. The standard InChI is InChI=1S/C20H26N2O3/c1-3-4-5-10-22-19(23)17(16-8-6-15(2)7-9-16)18(20(22)24)21-11-13-25-14-12-21/h6-9H,3-5,10-14H2,1-2H3. The molecule has 2 heterocycles. The number of amides is 2. The summed E-state index contributed by atoms with van der Waals surface area (Å²) in [6, 6.07) is 7.84. The van der Waals surface area contributed by atoms with Crippen molar-refractivity contribution in [2.75, 3.05) is 32.8 Å². The van der Waals surface area contributed by atoms with Crippen LogP contribution >= 0.6 is 0 Å². The molecule has 1 aromatic rings. The van der Waals surface area contributed by atoms with Gasteiger partial charge in [-0.1, -0.05) is 49.6 Å². The van der Waals surface area contributed by atoms with Gasteiger partial charge >= 0.3 is 0 Å². The first-order valence-corrected chi connectivity index (χ1v) is 9.13. The largest absolute Gasteiger partial charge is 0.378 e. The van der Waals surface area contributed by atoms with Gasteiger partial charge in [0.15, 0.2) is 0 Å². The molecule has 0 N–H and O–H groups in total. The Balaban J connectivity index is 1.96. The fourth-order valence-corrected chi connectivity index (χ4v) is 3.35. The van der Waals surface area contributed by atoms with Gasteiger partial charge in [0.1, 0.15) is 5.70 Å². The number of benzene rings is 1. The smallest absolute Gasteiger partial charge is 0.277 e. The van der Waals surface area contributed by atoms with E-state index in [9.17, 15) is 9.59 Å². The highest BCUT2D eigenvalue weighted by Gasteiger charge is 2.41. The second-order valence-electron chi connectivity index (χ2n) is 6.66.